The number of nitrogens with zero attached hydrogens (tertiary/aromatic N) is 1. The first-order chi connectivity index (χ1) is 12.8. The molecule has 1 amide bonds. The normalized spacial score (nSPS) is 23.3. The van der Waals surface area contributed by atoms with Crippen LogP contribution in [0.5, 0.6) is 0 Å². The highest BCUT2D eigenvalue weighted by Crippen LogP contribution is 2.40. The number of unbranched alkanes of at least 4 members (excludes halogenated alkanes) is 3. The molecule has 0 aromatic carbocycles. The highest BCUT2D eigenvalue weighted by molar-refractivity contribution is 5.83. The summed E-state index contributed by atoms with van der Waals surface area (Å²) in [5, 5.41) is 28.5. The molecule has 0 radical (unpaired) electrons. The van der Waals surface area contributed by atoms with Crippen molar-refractivity contribution in [3.8, 4) is 0 Å². The number of amides is 1. The smallest absolute Gasteiger partial charge is 0.410 e. The number of carboxylic acids is 2. The quantitative estimate of drug-likeness (QED) is 0.412. The van der Waals surface area contributed by atoms with Gasteiger partial charge in [-0.1, -0.05) is 39.5 Å². The van der Waals surface area contributed by atoms with Gasteiger partial charge in [-0.05, 0) is 32.1 Å². The van der Waals surface area contributed by atoms with Crippen molar-refractivity contribution in [1.29, 1.82) is 0 Å². The minimum absolute atomic E-state index is 0.0192. The second-order valence-corrected chi connectivity index (χ2v) is 7.20. The molecule has 8 heteroatoms. The highest BCUT2D eigenvalue weighted by atomic mass is 16.6. The Morgan fingerprint density at radius 2 is 1.81 bits per heavy atom. The molecule has 3 atom stereocenters. The van der Waals surface area contributed by atoms with Crippen molar-refractivity contribution in [2.24, 2.45) is 11.8 Å². The molecule has 1 aliphatic heterocycles. The van der Waals surface area contributed by atoms with E-state index in [4.69, 9.17) is 9.84 Å². The Bertz CT molecular complexity index is 510. The lowest BCUT2D eigenvalue weighted by atomic mass is 9.90. The van der Waals surface area contributed by atoms with Crippen molar-refractivity contribution in [1.82, 2.24) is 4.90 Å². The van der Waals surface area contributed by atoms with Crippen molar-refractivity contribution < 1.29 is 34.4 Å². The molecule has 156 valence electrons. The monoisotopic (exact) mass is 387 g/mol. The largest absolute Gasteiger partial charge is 0.481 e. The number of carbonyl (C=O) groups is 3. The lowest BCUT2D eigenvalue weighted by Gasteiger charge is -2.37. The van der Waals surface area contributed by atoms with E-state index in [1.807, 2.05) is 0 Å². The zero-order chi connectivity index (χ0) is 20.4. The molecule has 0 aromatic rings. The molecule has 1 fully saturated rings. The summed E-state index contributed by atoms with van der Waals surface area (Å²) in [6, 6.07) is 0. The Kier molecular flexibility index (Phi) is 9.55. The zero-order valence-electron chi connectivity index (χ0n) is 16.4. The highest BCUT2D eigenvalue weighted by Gasteiger charge is 2.58. The minimum Gasteiger partial charge on any atom is -0.481 e. The van der Waals surface area contributed by atoms with Gasteiger partial charge in [-0.25, -0.2) is 9.59 Å². The molecule has 8 nitrogen and oxygen atoms in total. The van der Waals surface area contributed by atoms with Crippen molar-refractivity contribution in [3.63, 3.8) is 0 Å². The van der Waals surface area contributed by atoms with Gasteiger partial charge < -0.3 is 20.1 Å². The van der Waals surface area contributed by atoms with Gasteiger partial charge in [-0.15, -0.1) is 0 Å². The van der Waals surface area contributed by atoms with Gasteiger partial charge in [0.05, 0.1) is 12.5 Å². The summed E-state index contributed by atoms with van der Waals surface area (Å²) in [4.78, 5) is 35.7. The van der Waals surface area contributed by atoms with Gasteiger partial charge >= 0.3 is 18.0 Å². The number of hydrogen-bond acceptors (Lipinski definition) is 4. The Morgan fingerprint density at radius 3 is 2.33 bits per heavy atom. The molecule has 1 aliphatic rings. The minimum atomic E-state index is -1.87. The number of hydrogen-bond donors (Lipinski definition) is 3. The van der Waals surface area contributed by atoms with E-state index in [9.17, 15) is 24.6 Å². The molecular weight excluding hydrogens is 354 g/mol. The van der Waals surface area contributed by atoms with Crippen LogP contribution in [0, 0.1) is 11.8 Å². The second-order valence-electron chi connectivity index (χ2n) is 7.20. The first-order valence-corrected chi connectivity index (χ1v) is 9.91. The van der Waals surface area contributed by atoms with Crippen LogP contribution in [0.2, 0.25) is 0 Å². The molecule has 1 rings (SSSR count). The third-order valence-electron chi connectivity index (χ3n) is 5.46. The molecular formula is C19H33NO7. The summed E-state index contributed by atoms with van der Waals surface area (Å²) in [6.45, 7) is 4.03. The van der Waals surface area contributed by atoms with E-state index in [1.165, 1.54) is 0 Å². The first kappa shape index (κ1) is 23.2. The Labute approximate surface area is 160 Å². The molecule has 0 aromatic heterocycles. The average molecular weight is 387 g/mol. The van der Waals surface area contributed by atoms with Crippen molar-refractivity contribution in [3.05, 3.63) is 0 Å². The molecule has 27 heavy (non-hydrogen) atoms. The maximum atomic E-state index is 12.1. The van der Waals surface area contributed by atoms with Gasteiger partial charge in [0.2, 0.25) is 5.72 Å². The van der Waals surface area contributed by atoms with Crippen LogP contribution in [-0.2, 0) is 14.3 Å². The summed E-state index contributed by atoms with van der Waals surface area (Å²) in [6.07, 6.45) is 4.92. The molecule has 0 bridgehead atoms. The molecule has 0 spiro atoms. The summed E-state index contributed by atoms with van der Waals surface area (Å²) in [5.41, 5.74) is -1.87. The predicted octanol–water partition coefficient (Wildman–Crippen LogP) is 3.65. The Hall–Kier alpha value is -1.83. The van der Waals surface area contributed by atoms with Crippen LogP contribution in [0.1, 0.15) is 71.6 Å². The number of ether oxygens (including phenoxy) is 1. The second kappa shape index (κ2) is 11.1. The Morgan fingerprint density at radius 1 is 1.11 bits per heavy atom. The maximum absolute atomic E-state index is 12.1. The molecule has 0 aliphatic carbocycles. The SMILES string of the molecule is CCCCCCC1CCN(C(=O)O)C1(OCCCC(CC)C(=O)O)C(=O)O. The number of likely N-dealkylation sites (tertiary alicyclic amines) is 1. The van der Waals surface area contributed by atoms with Gasteiger partial charge in [0.15, 0.2) is 0 Å². The van der Waals surface area contributed by atoms with E-state index < -0.39 is 35.6 Å². The van der Waals surface area contributed by atoms with Crippen molar-refractivity contribution in [2.75, 3.05) is 13.2 Å². The summed E-state index contributed by atoms with van der Waals surface area (Å²) in [7, 11) is 0. The lowest BCUT2D eigenvalue weighted by Crippen LogP contribution is -2.58. The fourth-order valence-electron chi connectivity index (χ4n) is 3.87. The fourth-order valence-corrected chi connectivity index (χ4v) is 3.87. The molecule has 1 saturated heterocycles. The van der Waals surface area contributed by atoms with E-state index in [1.54, 1.807) is 6.92 Å². The molecule has 3 unspecified atom stereocenters. The lowest BCUT2D eigenvalue weighted by molar-refractivity contribution is -0.196. The van der Waals surface area contributed by atoms with E-state index in [2.05, 4.69) is 6.92 Å². The maximum Gasteiger partial charge on any atom is 0.410 e. The number of rotatable bonds is 13. The van der Waals surface area contributed by atoms with Gasteiger partial charge in [0.1, 0.15) is 0 Å². The number of carboxylic acid groups (broad SMARTS) is 3. The molecule has 3 N–H and O–H groups in total. The summed E-state index contributed by atoms with van der Waals surface area (Å²) >= 11 is 0. The molecule has 1 heterocycles. The standard InChI is InChI=1S/C19H33NO7/c1-3-5-6-7-10-15-11-12-20(18(25)26)19(15,17(23)24)27-13-8-9-14(4-2)16(21)22/h14-15H,3-13H2,1-2H3,(H,21,22)(H,23,24)(H,25,26). The van der Waals surface area contributed by atoms with Crippen molar-refractivity contribution in [2.45, 2.75) is 77.4 Å². The Balaban J connectivity index is 2.82. The van der Waals surface area contributed by atoms with Gasteiger partial charge in [0.25, 0.3) is 0 Å². The third kappa shape index (κ3) is 5.82. The topological polar surface area (TPSA) is 124 Å². The predicted molar refractivity (Wildman–Crippen MR) is 98.6 cm³/mol. The first-order valence-electron chi connectivity index (χ1n) is 9.91. The van der Waals surface area contributed by atoms with Crippen LogP contribution < -0.4 is 0 Å². The van der Waals surface area contributed by atoms with Crippen LogP contribution >= 0.6 is 0 Å². The van der Waals surface area contributed by atoms with Crippen LogP contribution in [-0.4, -0.2) is 57.1 Å². The zero-order valence-corrected chi connectivity index (χ0v) is 16.4. The van der Waals surface area contributed by atoms with Crippen LogP contribution in [0.15, 0.2) is 0 Å². The van der Waals surface area contributed by atoms with E-state index in [0.717, 1.165) is 30.6 Å². The average Bonchev–Trinajstić information content (AvgIpc) is 2.98. The van der Waals surface area contributed by atoms with Gasteiger partial charge in [-0.2, -0.15) is 0 Å². The summed E-state index contributed by atoms with van der Waals surface area (Å²) in [5.74, 6) is -3.07. The van der Waals surface area contributed by atoms with E-state index >= 15 is 0 Å². The van der Waals surface area contributed by atoms with Crippen LogP contribution in [0.4, 0.5) is 4.79 Å². The van der Waals surface area contributed by atoms with Crippen LogP contribution in [0.25, 0.3) is 0 Å². The molecule has 0 saturated carbocycles. The fraction of sp³-hybridized carbons (Fsp3) is 0.842. The van der Waals surface area contributed by atoms with E-state index in [-0.39, 0.29) is 13.2 Å². The number of aliphatic carboxylic acids is 2. The van der Waals surface area contributed by atoms with Crippen LogP contribution in [0.3, 0.4) is 0 Å². The van der Waals surface area contributed by atoms with Crippen molar-refractivity contribution >= 4 is 18.0 Å². The third-order valence-corrected chi connectivity index (χ3v) is 5.46. The van der Waals surface area contributed by atoms with Gasteiger partial charge in [-0.3, -0.25) is 9.69 Å². The van der Waals surface area contributed by atoms with Gasteiger partial charge in [0, 0.05) is 12.5 Å². The summed E-state index contributed by atoms with van der Waals surface area (Å²) < 4.78 is 5.72. The van der Waals surface area contributed by atoms with E-state index in [0.29, 0.717) is 32.1 Å².